The molecule has 0 aliphatic rings. The van der Waals surface area contributed by atoms with Crippen LogP contribution < -0.4 is 10.6 Å². The second-order valence-corrected chi connectivity index (χ2v) is 1.84. The van der Waals surface area contributed by atoms with Crippen LogP contribution in [0.3, 0.4) is 0 Å². The number of nitrogens with zero attached hydrogens (tertiary/aromatic N) is 1. The van der Waals surface area contributed by atoms with E-state index in [0.717, 1.165) is 0 Å². The molecule has 68 valence electrons. The monoisotopic (exact) mass is 171 g/mol. The van der Waals surface area contributed by atoms with Crippen molar-refractivity contribution in [3.05, 3.63) is 0 Å². The largest absolute Gasteiger partial charge is 0.323 e. The van der Waals surface area contributed by atoms with E-state index in [1.54, 1.807) is 0 Å². The molecule has 0 aromatic rings. The molecule has 0 unspecified atom stereocenters. The van der Waals surface area contributed by atoms with E-state index in [1.807, 2.05) is 40.1 Å². The van der Waals surface area contributed by atoms with Gasteiger partial charge in [0.1, 0.15) is 0 Å². The van der Waals surface area contributed by atoms with E-state index in [1.165, 1.54) is 0 Å². The number of nitrogens with two attached hydrogens (primary N) is 1. The predicted octanol–water partition coefficient (Wildman–Crippen LogP) is 0.748. The Kier molecular flexibility index (Phi) is 79.1. The van der Waals surface area contributed by atoms with Crippen LogP contribution in [-0.4, -0.2) is 40.1 Å². The van der Waals surface area contributed by atoms with Crippen LogP contribution in [0.5, 0.6) is 0 Å². The maximum atomic E-state index is 4.14. The van der Waals surface area contributed by atoms with Gasteiger partial charge in [0.15, 0.2) is 0 Å². The molecule has 0 saturated heterocycles. The molecule has 0 spiro atoms. The zero-order chi connectivity index (χ0) is 8.28. The molecule has 4 heteroatoms. The summed E-state index contributed by atoms with van der Waals surface area (Å²) in [6.07, 6.45) is 0. The first-order valence-electron chi connectivity index (χ1n) is 2.56. The summed E-state index contributed by atoms with van der Waals surface area (Å²) >= 11 is 4.14. The minimum absolute atomic E-state index is 0. The van der Waals surface area contributed by atoms with Gasteiger partial charge in [-0.2, -0.15) is 0 Å². The zero-order valence-electron chi connectivity index (χ0n) is 6.90. The van der Waals surface area contributed by atoms with Crippen molar-refractivity contribution in [1.29, 1.82) is 0 Å². The summed E-state index contributed by atoms with van der Waals surface area (Å²) in [6.45, 7) is 0. The van der Waals surface area contributed by atoms with Gasteiger partial charge in [-0.15, -0.1) is 0 Å². The van der Waals surface area contributed by atoms with Crippen LogP contribution in [0.2, 0.25) is 0 Å². The SMILES string of the molecule is C.CN(C)C.CNC.NCl. The Hall–Kier alpha value is 0.170. The first kappa shape index (κ1) is 22.5. The Labute approximate surface area is 70.6 Å². The smallest absolute Gasteiger partial charge is 0.0140 e. The molecule has 0 amide bonds. The predicted molar refractivity (Wildman–Crippen MR) is 51.4 cm³/mol. The van der Waals surface area contributed by atoms with E-state index >= 15 is 0 Å². The quantitative estimate of drug-likeness (QED) is 0.529. The molecule has 0 aliphatic heterocycles. The van der Waals surface area contributed by atoms with Crippen LogP contribution in [-0.2, 0) is 0 Å². The highest BCUT2D eigenvalue weighted by Crippen LogP contribution is 1.47. The zero-order valence-corrected chi connectivity index (χ0v) is 7.66. The maximum Gasteiger partial charge on any atom is -0.0140 e. The van der Waals surface area contributed by atoms with Gasteiger partial charge in [-0.25, -0.2) is 5.25 Å². The summed E-state index contributed by atoms with van der Waals surface area (Å²) in [6, 6.07) is 0. The average Bonchev–Trinajstić information content (AvgIpc) is 1.71. The summed E-state index contributed by atoms with van der Waals surface area (Å²) < 4.78 is 0. The fourth-order valence-electron chi connectivity index (χ4n) is 0. The van der Waals surface area contributed by atoms with E-state index < -0.39 is 0 Å². The molecule has 0 heterocycles. The van der Waals surface area contributed by atoms with Crippen molar-refractivity contribution < 1.29 is 0 Å². The van der Waals surface area contributed by atoms with E-state index in [4.69, 9.17) is 0 Å². The Bertz CT molecular complexity index is 24.2. The third kappa shape index (κ3) is 14500. The maximum absolute atomic E-state index is 4.14. The van der Waals surface area contributed by atoms with E-state index in [2.05, 4.69) is 22.3 Å². The van der Waals surface area contributed by atoms with E-state index in [-0.39, 0.29) is 7.43 Å². The van der Waals surface area contributed by atoms with Crippen LogP contribution in [0.4, 0.5) is 0 Å². The van der Waals surface area contributed by atoms with Gasteiger partial charge in [-0.3, -0.25) is 0 Å². The lowest BCUT2D eigenvalue weighted by Crippen LogP contribution is -1.99. The summed E-state index contributed by atoms with van der Waals surface area (Å²) in [4.78, 5) is 2.00. The molecule has 0 bridgehead atoms. The average molecular weight is 172 g/mol. The number of halogens is 1. The van der Waals surface area contributed by atoms with Crippen molar-refractivity contribution in [2.24, 2.45) is 5.25 Å². The second-order valence-electron chi connectivity index (χ2n) is 1.84. The number of nitrogens with one attached hydrogen (secondary N) is 1. The molecule has 0 radical (unpaired) electrons. The third-order valence-corrected chi connectivity index (χ3v) is 0. The molecule has 0 atom stereocenters. The number of hydrogen-bond acceptors (Lipinski definition) is 3. The Morgan fingerprint density at radius 1 is 1.10 bits per heavy atom. The molecule has 3 nitrogen and oxygen atoms in total. The Morgan fingerprint density at radius 3 is 1.10 bits per heavy atom. The van der Waals surface area contributed by atoms with Crippen molar-refractivity contribution in [1.82, 2.24) is 10.2 Å². The lowest BCUT2D eigenvalue weighted by Gasteiger charge is -1.90. The standard InChI is InChI=1S/C3H9N.C2H7N.CH4.ClH2N/c1-4(2)3;1-3-2;;1-2/h1-3H3;3H,1-2H3;1H4;2H2. The molecule has 0 fully saturated rings. The molecule has 10 heavy (non-hydrogen) atoms. The van der Waals surface area contributed by atoms with Gasteiger partial charge in [-0.1, -0.05) is 7.43 Å². The summed E-state index contributed by atoms with van der Waals surface area (Å²) in [5, 5.41) is 6.72. The topological polar surface area (TPSA) is 41.3 Å². The minimum atomic E-state index is 0. The second kappa shape index (κ2) is 35.2. The van der Waals surface area contributed by atoms with Crippen LogP contribution >= 0.6 is 11.8 Å². The summed E-state index contributed by atoms with van der Waals surface area (Å²) in [7, 11) is 9.75. The molecular formula is C6H22ClN3. The molecule has 0 saturated carbocycles. The van der Waals surface area contributed by atoms with Gasteiger partial charge >= 0.3 is 0 Å². The van der Waals surface area contributed by atoms with E-state index in [9.17, 15) is 0 Å². The fourth-order valence-corrected chi connectivity index (χ4v) is 0. The van der Waals surface area contributed by atoms with Gasteiger partial charge in [0.2, 0.25) is 0 Å². The molecule has 0 rings (SSSR count). The third-order valence-electron chi connectivity index (χ3n) is 0. The van der Waals surface area contributed by atoms with Gasteiger partial charge in [0.05, 0.1) is 0 Å². The minimum Gasteiger partial charge on any atom is -0.323 e. The fraction of sp³-hybridized carbons (Fsp3) is 1.00. The highest BCUT2D eigenvalue weighted by Gasteiger charge is 1.58. The van der Waals surface area contributed by atoms with Crippen LogP contribution in [0, 0.1) is 0 Å². The molecule has 3 N–H and O–H groups in total. The summed E-state index contributed by atoms with van der Waals surface area (Å²) in [5.74, 6) is 0. The highest BCUT2D eigenvalue weighted by atomic mass is 35.5. The number of hydrogen-bond donors (Lipinski definition) is 2. The molecule has 0 aliphatic carbocycles. The first-order valence-corrected chi connectivity index (χ1v) is 3.00. The molecular weight excluding hydrogens is 150 g/mol. The van der Waals surface area contributed by atoms with Gasteiger partial charge in [-0.05, 0) is 47.0 Å². The van der Waals surface area contributed by atoms with Crippen LogP contribution in [0.1, 0.15) is 7.43 Å². The van der Waals surface area contributed by atoms with E-state index in [0.29, 0.717) is 0 Å². The highest BCUT2D eigenvalue weighted by molar-refractivity contribution is 6.11. The number of rotatable bonds is 0. The summed E-state index contributed by atoms with van der Waals surface area (Å²) in [5.41, 5.74) is 0. The van der Waals surface area contributed by atoms with Crippen molar-refractivity contribution in [2.75, 3.05) is 35.2 Å². The van der Waals surface area contributed by atoms with Crippen molar-refractivity contribution in [3.8, 4) is 0 Å². The van der Waals surface area contributed by atoms with Gasteiger partial charge < -0.3 is 10.2 Å². The van der Waals surface area contributed by atoms with Crippen LogP contribution in [0.25, 0.3) is 0 Å². The lowest BCUT2D eigenvalue weighted by molar-refractivity contribution is 0.505. The normalized spacial score (nSPS) is 6.00. The van der Waals surface area contributed by atoms with Gasteiger partial charge in [0, 0.05) is 0 Å². The van der Waals surface area contributed by atoms with Crippen molar-refractivity contribution in [3.63, 3.8) is 0 Å². The molecule has 0 aromatic carbocycles. The van der Waals surface area contributed by atoms with Crippen molar-refractivity contribution in [2.45, 2.75) is 7.43 Å². The first-order chi connectivity index (χ1) is 4.15. The lowest BCUT2D eigenvalue weighted by atomic mass is 11.0. The Morgan fingerprint density at radius 2 is 1.10 bits per heavy atom. The Balaban J connectivity index is -0.0000000273. The molecule has 0 aromatic heterocycles. The van der Waals surface area contributed by atoms with Crippen molar-refractivity contribution >= 4 is 11.8 Å². The van der Waals surface area contributed by atoms with Crippen LogP contribution in [0.15, 0.2) is 0 Å². The van der Waals surface area contributed by atoms with Gasteiger partial charge in [0.25, 0.3) is 0 Å².